The maximum absolute atomic E-state index is 13.1. The van der Waals surface area contributed by atoms with Gasteiger partial charge in [0.1, 0.15) is 0 Å². The van der Waals surface area contributed by atoms with Crippen molar-refractivity contribution in [2.75, 3.05) is 13.1 Å². The molecule has 0 bridgehead atoms. The summed E-state index contributed by atoms with van der Waals surface area (Å²) in [5, 5.41) is 2.02. The molecule has 4 nitrogen and oxygen atoms in total. The van der Waals surface area contributed by atoms with Crippen LogP contribution in [0.15, 0.2) is 41.3 Å². The Kier molecular flexibility index (Phi) is 3.65. The topological polar surface area (TPSA) is 63.4 Å². The van der Waals surface area contributed by atoms with Crippen molar-refractivity contribution < 1.29 is 8.42 Å². The van der Waals surface area contributed by atoms with Gasteiger partial charge in [-0.25, -0.2) is 8.42 Å². The first-order valence-corrected chi connectivity index (χ1v) is 9.73. The number of rotatable bonds is 2. The highest BCUT2D eigenvalue weighted by atomic mass is 35.5. The molecule has 1 saturated heterocycles. The van der Waals surface area contributed by atoms with Crippen LogP contribution in [0.2, 0.25) is 5.02 Å². The van der Waals surface area contributed by atoms with E-state index in [0.717, 1.165) is 18.2 Å². The number of nitrogens with zero attached hydrogens (tertiary/aromatic N) is 1. The average Bonchev–Trinajstić information content (AvgIpc) is 3.11. The molecule has 1 heterocycles. The van der Waals surface area contributed by atoms with Crippen LogP contribution in [-0.4, -0.2) is 31.9 Å². The summed E-state index contributed by atoms with van der Waals surface area (Å²) < 4.78 is 27.9. The molecule has 2 fully saturated rings. The van der Waals surface area contributed by atoms with Crippen LogP contribution in [0.5, 0.6) is 0 Å². The number of fused-ring (bicyclic) bond motifs is 2. The van der Waals surface area contributed by atoms with Crippen LogP contribution in [0.1, 0.15) is 12.8 Å². The van der Waals surface area contributed by atoms with Gasteiger partial charge >= 0.3 is 0 Å². The lowest BCUT2D eigenvalue weighted by Gasteiger charge is -2.20. The Bertz CT molecular complexity index is 868. The minimum atomic E-state index is -3.53. The van der Waals surface area contributed by atoms with Crippen molar-refractivity contribution in [1.29, 1.82) is 0 Å². The smallest absolute Gasteiger partial charge is 0.243 e. The van der Waals surface area contributed by atoms with E-state index in [1.807, 2.05) is 24.3 Å². The maximum atomic E-state index is 13.1. The van der Waals surface area contributed by atoms with Crippen LogP contribution in [0, 0.1) is 11.8 Å². The van der Waals surface area contributed by atoms with Gasteiger partial charge in [-0.05, 0) is 36.8 Å². The molecule has 2 aromatic carbocycles. The molecule has 0 radical (unpaired) electrons. The van der Waals surface area contributed by atoms with Crippen LogP contribution in [-0.2, 0) is 10.0 Å². The van der Waals surface area contributed by atoms with Crippen molar-refractivity contribution in [2.24, 2.45) is 17.6 Å². The van der Waals surface area contributed by atoms with Crippen LogP contribution in [0.3, 0.4) is 0 Å². The van der Waals surface area contributed by atoms with Gasteiger partial charge in [0, 0.05) is 34.9 Å². The second-order valence-electron chi connectivity index (χ2n) is 6.58. The quantitative estimate of drug-likeness (QED) is 0.905. The molecular formula is C17H19ClN2O2S. The van der Waals surface area contributed by atoms with Crippen LogP contribution in [0.25, 0.3) is 10.8 Å². The number of hydrogen-bond donors (Lipinski definition) is 1. The van der Waals surface area contributed by atoms with E-state index in [-0.39, 0.29) is 6.04 Å². The normalized spacial score (nSPS) is 28.3. The Morgan fingerprint density at radius 2 is 1.78 bits per heavy atom. The van der Waals surface area contributed by atoms with Gasteiger partial charge in [0.25, 0.3) is 0 Å². The molecule has 6 heteroatoms. The Morgan fingerprint density at radius 3 is 2.52 bits per heavy atom. The summed E-state index contributed by atoms with van der Waals surface area (Å²) in [6.45, 7) is 1.11. The summed E-state index contributed by atoms with van der Waals surface area (Å²) in [6, 6.07) is 10.8. The SMILES string of the molecule is NC1CCC2CN(S(=O)(=O)c3ccc(Cl)c4ccccc34)CC12. The zero-order valence-electron chi connectivity index (χ0n) is 12.7. The summed E-state index contributed by atoms with van der Waals surface area (Å²) >= 11 is 6.21. The molecule has 3 unspecified atom stereocenters. The molecule has 0 aromatic heterocycles. The third kappa shape index (κ3) is 2.38. The van der Waals surface area contributed by atoms with Crippen LogP contribution in [0.4, 0.5) is 0 Å². The van der Waals surface area contributed by atoms with Gasteiger partial charge in [-0.15, -0.1) is 0 Å². The van der Waals surface area contributed by atoms with Crippen molar-refractivity contribution in [3.05, 3.63) is 41.4 Å². The van der Waals surface area contributed by atoms with Gasteiger partial charge in [-0.2, -0.15) is 4.31 Å². The van der Waals surface area contributed by atoms with E-state index >= 15 is 0 Å². The van der Waals surface area contributed by atoms with Crippen LogP contribution < -0.4 is 5.73 Å². The predicted octanol–water partition coefficient (Wildman–Crippen LogP) is 2.85. The maximum Gasteiger partial charge on any atom is 0.243 e. The number of benzene rings is 2. The number of nitrogens with two attached hydrogens (primary N) is 1. The highest BCUT2D eigenvalue weighted by molar-refractivity contribution is 7.89. The molecule has 1 aliphatic carbocycles. The van der Waals surface area contributed by atoms with Crippen molar-refractivity contribution in [2.45, 2.75) is 23.8 Å². The van der Waals surface area contributed by atoms with Crippen molar-refractivity contribution in [3.8, 4) is 0 Å². The highest BCUT2D eigenvalue weighted by Gasteiger charge is 2.45. The Morgan fingerprint density at radius 1 is 1.04 bits per heavy atom. The van der Waals surface area contributed by atoms with Crippen molar-refractivity contribution >= 4 is 32.4 Å². The molecule has 2 N–H and O–H groups in total. The van der Waals surface area contributed by atoms with Crippen LogP contribution >= 0.6 is 11.6 Å². The largest absolute Gasteiger partial charge is 0.327 e. The molecule has 0 amide bonds. The fourth-order valence-electron chi connectivity index (χ4n) is 4.06. The van der Waals surface area contributed by atoms with Gasteiger partial charge < -0.3 is 5.73 Å². The molecule has 122 valence electrons. The Balaban J connectivity index is 1.77. The molecule has 23 heavy (non-hydrogen) atoms. The first-order chi connectivity index (χ1) is 11.0. The van der Waals surface area contributed by atoms with Crippen molar-refractivity contribution in [1.82, 2.24) is 4.31 Å². The first-order valence-electron chi connectivity index (χ1n) is 7.91. The minimum absolute atomic E-state index is 0.127. The van der Waals surface area contributed by atoms with Gasteiger partial charge in [-0.3, -0.25) is 0 Å². The van der Waals surface area contributed by atoms with E-state index in [9.17, 15) is 8.42 Å². The monoisotopic (exact) mass is 350 g/mol. The third-order valence-electron chi connectivity index (χ3n) is 5.33. The minimum Gasteiger partial charge on any atom is -0.327 e. The standard InChI is InChI=1S/C17H19ClN2O2S/c18-15-6-8-17(13-4-2-1-3-12(13)15)23(21,22)20-9-11-5-7-16(19)14(11)10-20/h1-4,6,8,11,14,16H,5,7,9-10,19H2. The van der Waals surface area contributed by atoms with E-state index in [1.165, 1.54) is 0 Å². The Hall–Kier alpha value is -1.14. The zero-order chi connectivity index (χ0) is 16.2. The summed E-state index contributed by atoms with van der Waals surface area (Å²) in [6.07, 6.45) is 2.03. The lowest BCUT2D eigenvalue weighted by molar-refractivity contribution is 0.427. The summed E-state index contributed by atoms with van der Waals surface area (Å²) in [5.41, 5.74) is 6.14. The molecule has 2 aromatic rings. The summed E-state index contributed by atoms with van der Waals surface area (Å²) in [7, 11) is -3.53. The molecule has 3 atom stereocenters. The number of hydrogen-bond acceptors (Lipinski definition) is 3. The van der Waals surface area contributed by atoms with Gasteiger partial charge in [0.05, 0.1) is 4.90 Å². The Labute approximate surface area is 141 Å². The third-order valence-corrected chi connectivity index (χ3v) is 7.55. The molecule has 2 aliphatic rings. The van der Waals surface area contributed by atoms with Gasteiger partial charge in [-0.1, -0.05) is 35.9 Å². The van der Waals surface area contributed by atoms with Crippen molar-refractivity contribution in [3.63, 3.8) is 0 Å². The highest BCUT2D eigenvalue weighted by Crippen LogP contribution is 2.40. The van der Waals surface area contributed by atoms with E-state index in [4.69, 9.17) is 17.3 Å². The molecular weight excluding hydrogens is 332 g/mol. The fraction of sp³-hybridized carbons (Fsp3) is 0.412. The lowest BCUT2D eigenvalue weighted by Crippen LogP contribution is -2.33. The number of sulfonamides is 1. The van der Waals surface area contributed by atoms with Gasteiger partial charge in [0.15, 0.2) is 0 Å². The van der Waals surface area contributed by atoms with E-state index in [1.54, 1.807) is 16.4 Å². The van der Waals surface area contributed by atoms with Gasteiger partial charge in [0.2, 0.25) is 10.0 Å². The summed E-state index contributed by atoms with van der Waals surface area (Å²) in [5.74, 6) is 0.696. The first kappa shape index (κ1) is 15.4. The lowest BCUT2D eigenvalue weighted by atomic mass is 9.98. The molecule has 1 saturated carbocycles. The average molecular weight is 351 g/mol. The fourth-order valence-corrected chi connectivity index (χ4v) is 6.02. The van der Waals surface area contributed by atoms with E-state index < -0.39 is 10.0 Å². The number of halogens is 1. The van der Waals surface area contributed by atoms with E-state index in [0.29, 0.717) is 40.2 Å². The molecule has 0 spiro atoms. The predicted molar refractivity (Wildman–Crippen MR) is 91.9 cm³/mol. The zero-order valence-corrected chi connectivity index (χ0v) is 14.2. The summed E-state index contributed by atoms with van der Waals surface area (Å²) in [4.78, 5) is 0.339. The second-order valence-corrected chi connectivity index (χ2v) is 8.89. The molecule has 1 aliphatic heterocycles. The second kappa shape index (κ2) is 5.45. The van der Waals surface area contributed by atoms with E-state index in [2.05, 4.69) is 0 Å². The molecule has 4 rings (SSSR count).